The minimum absolute atomic E-state index is 0.0312. The van der Waals surface area contributed by atoms with Crippen LogP contribution in [0.1, 0.15) is 56.4 Å². The highest BCUT2D eigenvalue weighted by atomic mass is 16.5. The van der Waals surface area contributed by atoms with Crippen molar-refractivity contribution in [2.24, 2.45) is 0 Å². The average molecular weight is 538 g/mol. The molecule has 1 fully saturated rings. The van der Waals surface area contributed by atoms with E-state index in [1.54, 1.807) is 7.11 Å². The fourth-order valence-corrected chi connectivity index (χ4v) is 5.15. The first-order valence-electron chi connectivity index (χ1n) is 14.7. The molecule has 1 aromatic heterocycles. The van der Waals surface area contributed by atoms with Crippen LogP contribution in [0.3, 0.4) is 0 Å². The van der Waals surface area contributed by atoms with Gasteiger partial charge < -0.3 is 35.0 Å². The van der Waals surface area contributed by atoms with Crippen molar-refractivity contribution in [3.8, 4) is 5.75 Å². The number of amides is 1. The third-order valence-corrected chi connectivity index (χ3v) is 7.68. The van der Waals surface area contributed by atoms with Gasteiger partial charge in [0.05, 0.1) is 12.8 Å². The lowest BCUT2D eigenvalue weighted by molar-refractivity contribution is 0.0745. The van der Waals surface area contributed by atoms with Gasteiger partial charge in [-0.05, 0) is 69.3 Å². The van der Waals surface area contributed by atoms with Gasteiger partial charge in [0, 0.05) is 51.5 Å². The van der Waals surface area contributed by atoms with E-state index < -0.39 is 0 Å². The standard InChI is InChI=1S/C30H47N7O2/c1-5-7-17-36(18-8-6-2)29(38)27-15-14-26-28(32-27)37(19-9-16-35-22-20-34(3)21-23-35)30(33-26)31-24-10-12-25(39-4)13-11-24/h10-15,30-31,33H,5-9,16-23H2,1-4H3. The summed E-state index contributed by atoms with van der Waals surface area (Å²) in [5.74, 6) is 1.70. The summed E-state index contributed by atoms with van der Waals surface area (Å²) in [6, 6.07) is 11.8. The quantitative estimate of drug-likeness (QED) is 0.367. The maximum absolute atomic E-state index is 13.5. The van der Waals surface area contributed by atoms with Crippen molar-refractivity contribution in [2.45, 2.75) is 52.2 Å². The highest BCUT2D eigenvalue weighted by Gasteiger charge is 2.31. The summed E-state index contributed by atoms with van der Waals surface area (Å²) in [6.07, 6.45) is 5.01. The van der Waals surface area contributed by atoms with Gasteiger partial charge in [-0.2, -0.15) is 0 Å². The highest BCUT2D eigenvalue weighted by molar-refractivity contribution is 5.94. The van der Waals surface area contributed by atoms with E-state index in [9.17, 15) is 4.79 Å². The maximum atomic E-state index is 13.5. The average Bonchev–Trinajstić information content (AvgIpc) is 3.30. The molecule has 1 saturated heterocycles. The molecule has 214 valence electrons. The van der Waals surface area contributed by atoms with Crippen molar-refractivity contribution in [1.82, 2.24) is 19.7 Å². The van der Waals surface area contributed by atoms with Crippen LogP contribution in [-0.2, 0) is 0 Å². The second kappa shape index (κ2) is 14.4. The molecule has 3 heterocycles. The third kappa shape index (κ3) is 7.76. The summed E-state index contributed by atoms with van der Waals surface area (Å²) >= 11 is 0. The van der Waals surface area contributed by atoms with Gasteiger partial charge in [0.15, 0.2) is 12.1 Å². The lowest BCUT2D eigenvalue weighted by Crippen LogP contribution is -2.46. The van der Waals surface area contributed by atoms with Crippen LogP contribution in [0.4, 0.5) is 17.2 Å². The number of fused-ring (bicyclic) bond motifs is 1. The minimum Gasteiger partial charge on any atom is -0.497 e. The van der Waals surface area contributed by atoms with E-state index in [1.165, 1.54) is 0 Å². The van der Waals surface area contributed by atoms with Crippen molar-refractivity contribution in [2.75, 3.05) is 82.0 Å². The first kappa shape index (κ1) is 29.0. The van der Waals surface area contributed by atoms with Gasteiger partial charge in [-0.15, -0.1) is 0 Å². The fourth-order valence-electron chi connectivity index (χ4n) is 5.15. The van der Waals surface area contributed by atoms with Crippen molar-refractivity contribution in [3.63, 3.8) is 0 Å². The Morgan fingerprint density at radius 1 is 1.00 bits per heavy atom. The molecular formula is C30H47N7O2. The highest BCUT2D eigenvalue weighted by Crippen LogP contribution is 2.34. The van der Waals surface area contributed by atoms with Crippen molar-refractivity contribution in [3.05, 3.63) is 42.1 Å². The zero-order valence-corrected chi connectivity index (χ0v) is 24.3. The smallest absolute Gasteiger partial charge is 0.272 e. The van der Waals surface area contributed by atoms with Gasteiger partial charge in [-0.1, -0.05) is 26.7 Å². The number of nitrogens with zero attached hydrogens (tertiary/aromatic N) is 5. The number of hydrogen-bond acceptors (Lipinski definition) is 8. The fraction of sp³-hybridized carbons (Fsp3) is 0.600. The first-order chi connectivity index (χ1) is 19.0. The molecule has 2 aliphatic heterocycles. The third-order valence-electron chi connectivity index (χ3n) is 7.68. The van der Waals surface area contributed by atoms with Crippen LogP contribution in [0.25, 0.3) is 0 Å². The number of benzene rings is 1. The number of likely N-dealkylation sites (N-methyl/N-ethyl adjacent to an activating group) is 1. The molecule has 1 amide bonds. The van der Waals surface area contributed by atoms with Gasteiger partial charge in [0.25, 0.3) is 5.91 Å². The number of piperazine rings is 1. The number of carbonyl (C=O) groups excluding carboxylic acids is 1. The molecule has 4 rings (SSSR count). The minimum atomic E-state index is -0.157. The number of aromatic nitrogens is 1. The van der Waals surface area contributed by atoms with E-state index in [4.69, 9.17) is 9.72 Å². The molecule has 1 aromatic carbocycles. The van der Waals surface area contributed by atoms with Gasteiger partial charge >= 0.3 is 0 Å². The number of methoxy groups -OCH3 is 1. The molecule has 0 radical (unpaired) electrons. The first-order valence-corrected chi connectivity index (χ1v) is 14.7. The molecule has 0 bridgehead atoms. The monoisotopic (exact) mass is 537 g/mol. The topological polar surface area (TPSA) is 76.2 Å². The second-order valence-corrected chi connectivity index (χ2v) is 10.7. The van der Waals surface area contributed by atoms with Gasteiger partial charge in [0.2, 0.25) is 0 Å². The lowest BCUT2D eigenvalue weighted by Gasteiger charge is -2.33. The predicted molar refractivity (Wildman–Crippen MR) is 160 cm³/mol. The lowest BCUT2D eigenvalue weighted by atomic mass is 10.2. The van der Waals surface area contributed by atoms with E-state index in [1.807, 2.05) is 41.3 Å². The number of rotatable bonds is 14. The molecule has 0 aliphatic carbocycles. The summed E-state index contributed by atoms with van der Waals surface area (Å²) in [7, 11) is 3.87. The Hall–Kier alpha value is -3.04. The zero-order chi connectivity index (χ0) is 27.6. The predicted octanol–water partition coefficient (Wildman–Crippen LogP) is 4.40. The number of nitrogens with one attached hydrogen (secondary N) is 2. The molecule has 0 spiro atoms. The Morgan fingerprint density at radius 3 is 2.33 bits per heavy atom. The molecular weight excluding hydrogens is 490 g/mol. The van der Waals surface area contributed by atoms with E-state index in [0.29, 0.717) is 5.69 Å². The summed E-state index contributed by atoms with van der Waals surface area (Å²) in [4.78, 5) is 27.7. The number of anilines is 3. The summed E-state index contributed by atoms with van der Waals surface area (Å²) in [5, 5.41) is 7.21. The zero-order valence-electron chi connectivity index (χ0n) is 24.3. The molecule has 9 nitrogen and oxygen atoms in total. The van der Waals surface area contributed by atoms with E-state index in [2.05, 4.69) is 46.2 Å². The molecule has 9 heteroatoms. The SMILES string of the molecule is CCCCN(CCCC)C(=O)c1ccc2c(n1)N(CCCN1CCN(C)CC1)C(Nc1ccc(OC)cc1)N2. The molecule has 1 unspecified atom stereocenters. The Kier molecular flexibility index (Phi) is 10.7. The van der Waals surface area contributed by atoms with Crippen LogP contribution in [0.2, 0.25) is 0 Å². The van der Waals surface area contributed by atoms with Crippen LogP contribution in [0, 0.1) is 0 Å². The Balaban J connectivity index is 1.51. The van der Waals surface area contributed by atoms with Crippen LogP contribution in [-0.4, -0.2) is 98.4 Å². The van der Waals surface area contributed by atoms with Gasteiger partial charge in [-0.25, -0.2) is 4.98 Å². The van der Waals surface area contributed by atoms with Crippen molar-refractivity contribution < 1.29 is 9.53 Å². The van der Waals surface area contributed by atoms with Crippen LogP contribution >= 0.6 is 0 Å². The van der Waals surface area contributed by atoms with Gasteiger partial charge in [0.1, 0.15) is 11.4 Å². The van der Waals surface area contributed by atoms with Crippen molar-refractivity contribution in [1.29, 1.82) is 0 Å². The van der Waals surface area contributed by atoms with Crippen LogP contribution in [0.5, 0.6) is 5.75 Å². The normalized spacial score (nSPS) is 17.5. The Morgan fingerprint density at radius 2 is 1.69 bits per heavy atom. The Bertz CT molecular complexity index is 1030. The number of hydrogen-bond donors (Lipinski definition) is 2. The van der Waals surface area contributed by atoms with Gasteiger partial charge in [-0.3, -0.25) is 4.79 Å². The maximum Gasteiger partial charge on any atom is 0.272 e. The van der Waals surface area contributed by atoms with Crippen molar-refractivity contribution >= 4 is 23.1 Å². The number of carbonyl (C=O) groups is 1. The molecule has 2 aliphatic rings. The molecule has 39 heavy (non-hydrogen) atoms. The van der Waals surface area contributed by atoms with E-state index >= 15 is 0 Å². The summed E-state index contributed by atoms with van der Waals surface area (Å²) in [5.41, 5.74) is 2.47. The van der Waals surface area contributed by atoms with E-state index in [0.717, 1.165) is 107 Å². The summed E-state index contributed by atoms with van der Waals surface area (Å²) < 4.78 is 5.32. The van der Waals surface area contributed by atoms with E-state index in [-0.39, 0.29) is 12.2 Å². The second-order valence-electron chi connectivity index (χ2n) is 10.7. The number of ether oxygens (including phenoxy) is 1. The van der Waals surface area contributed by atoms with Crippen LogP contribution < -0.4 is 20.3 Å². The number of unbranched alkanes of at least 4 members (excludes halogenated alkanes) is 2. The molecule has 1 atom stereocenters. The molecule has 2 aromatic rings. The number of pyridine rings is 1. The Labute approximate surface area is 234 Å². The summed E-state index contributed by atoms with van der Waals surface area (Å²) in [6.45, 7) is 12.2. The molecule has 2 N–H and O–H groups in total. The van der Waals surface area contributed by atoms with Crippen LogP contribution in [0.15, 0.2) is 36.4 Å². The molecule has 0 saturated carbocycles. The largest absolute Gasteiger partial charge is 0.497 e.